The second kappa shape index (κ2) is 6.81. The van der Waals surface area contributed by atoms with E-state index in [4.69, 9.17) is 4.74 Å². The fraction of sp³-hybridized carbons (Fsp3) is 0.333. The fourth-order valence-corrected chi connectivity index (χ4v) is 4.03. The summed E-state index contributed by atoms with van der Waals surface area (Å²) in [6.45, 7) is 1.12. The molecule has 1 aliphatic carbocycles. The summed E-state index contributed by atoms with van der Waals surface area (Å²) in [5.41, 5.74) is 4.75. The van der Waals surface area contributed by atoms with Crippen molar-refractivity contribution in [3.05, 3.63) is 59.7 Å². The lowest BCUT2D eigenvalue weighted by atomic mass is 9.97. The number of fused-ring (bicyclic) bond motifs is 3. The Labute approximate surface area is 147 Å². The molecule has 1 saturated heterocycles. The third kappa shape index (κ3) is 2.87. The molecule has 1 N–H and O–H groups in total. The summed E-state index contributed by atoms with van der Waals surface area (Å²) >= 11 is 0. The highest BCUT2D eigenvalue weighted by Gasteiger charge is 2.33. The molecule has 0 saturated carbocycles. The first-order valence-corrected chi connectivity index (χ1v) is 8.83. The number of nitrogens with one attached hydrogen (secondary N) is 1. The van der Waals surface area contributed by atoms with E-state index in [1.165, 1.54) is 22.3 Å². The Kier molecular flexibility index (Phi) is 4.36. The summed E-state index contributed by atoms with van der Waals surface area (Å²) in [6, 6.07) is 16.4. The molecule has 2 atom stereocenters. The number of esters is 1. The lowest BCUT2D eigenvalue weighted by molar-refractivity contribution is -0.151. The van der Waals surface area contributed by atoms with Crippen LogP contribution in [0.1, 0.15) is 29.9 Å². The molecule has 2 aromatic carbocycles. The zero-order valence-corrected chi connectivity index (χ0v) is 14.0. The Morgan fingerprint density at radius 2 is 1.76 bits per heavy atom. The van der Waals surface area contributed by atoms with Crippen LogP contribution >= 0.6 is 0 Å². The van der Waals surface area contributed by atoms with Gasteiger partial charge in [0.25, 0.3) is 0 Å². The summed E-state index contributed by atoms with van der Waals surface area (Å²) in [7, 11) is 0. The quantitative estimate of drug-likeness (QED) is 0.519. The molecular weight excluding hydrogens is 314 g/mol. The molecule has 0 radical (unpaired) electrons. The summed E-state index contributed by atoms with van der Waals surface area (Å²) in [5, 5.41) is 3.22. The third-order valence-corrected chi connectivity index (χ3v) is 5.31. The van der Waals surface area contributed by atoms with Crippen LogP contribution in [0.2, 0.25) is 0 Å². The lowest BCUT2D eigenvalue weighted by Crippen LogP contribution is -2.38. The number of rotatable bonds is 5. The number of benzene rings is 2. The molecule has 128 valence electrons. The average Bonchev–Trinajstić information content (AvgIpc) is 3.27. The number of hydrogen-bond acceptors (Lipinski definition) is 4. The topological polar surface area (TPSA) is 55.4 Å². The first kappa shape index (κ1) is 16.0. The van der Waals surface area contributed by atoms with Gasteiger partial charge < -0.3 is 14.8 Å². The van der Waals surface area contributed by atoms with Crippen LogP contribution in [0, 0.1) is 5.92 Å². The summed E-state index contributed by atoms with van der Waals surface area (Å²) in [6.07, 6.45) is 2.56. The van der Waals surface area contributed by atoms with Crippen LogP contribution in [0.3, 0.4) is 0 Å². The van der Waals surface area contributed by atoms with E-state index in [2.05, 4.69) is 29.6 Å². The molecule has 2 aromatic rings. The molecule has 1 unspecified atom stereocenters. The minimum Gasteiger partial charge on any atom is -0.464 e. The van der Waals surface area contributed by atoms with Gasteiger partial charge in [0, 0.05) is 12.0 Å². The van der Waals surface area contributed by atoms with E-state index in [1.54, 1.807) is 0 Å². The highest BCUT2D eigenvalue weighted by atomic mass is 16.5. The molecule has 1 fully saturated rings. The molecule has 0 amide bonds. The molecule has 4 rings (SSSR count). The zero-order chi connectivity index (χ0) is 17.2. The van der Waals surface area contributed by atoms with Gasteiger partial charge in [0.15, 0.2) is 0 Å². The average molecular weight is 335 g/mol. The van der Waals surface area contributed by atoms with Gasteiger partial charge in [-0.15, -0.1) is 0 Å². The molecule has 25 heavy (non-hydrogen) atoms. The van der Waals surface area contributed by atoms with Crippen molar-refractivity contribution in [1.29, 1.82) is 0 Å². The maximum absolute atomic E-state index is 12.4. The summed E-state index contributed by atoms with van der Waals surface area (Å²) in [5.74, 6) is -1.11. The Morgan fingerprint density at radius 3 is 2.32 bits per heavy atom. The predicted octanol–water partition coefficient (Wildman–Crippen LogP) is 2.91. The summed E-state index contributed by atoms with van der Waals surface area (Å²) < 4.78 is 5.59. The second-order valence-corrected chi connectivity index (χ2v) is 6.72. The van der Waals surface area contributed by atoms with E-state index in [-0.39, 0.29) is 18.6 Å². The standard InChI is InChI=1S/C21H21NO3/c23-12-18(20-10-5-11-22-20)21(24)25-13-19-16-8-3-1-6-14(16)15-7-2-4-9-17(15)19/h1-4,6-9,12,18-20,22H,5,10-11,13H2/t18-,20?/m1/s1. The smallest absolute Gasteiger partial charge is 0.317 e. The van der Waals surface area contributed by atoms with Gasteiger partial charge >= 0.3 is 5.97 Å². The van der Waals surface area contributed by atoms with Crippen molar-refractivity contribution in [2.45, 2.75) is 24.8 Å². The second-order valence-electron chi connectivity index (χ2n) is 6.72. The molecule has 0 spiro atoms. The molecule has 4 nitrogen and oxygen atoms in total. The normalized spacial score (nSPS) is 19.9. The number of hydrogen-bond donors (Lipinski definition) is 1. The van der Waals surface area contributed by atoms with Gasteiger partial charge in [-0.05, 0) is 41.6 Å². The van der Waals surface area contributed by atoms with Crippen LogP contribution in [0.15, 0.2) is 48.5 Å². The van der Waals surface area contributed by atoms with Gasteiger partial charge in [0.2, 0.25) is 0 Å². The molecular formula is C21H21NO3. The van der Waals surface area contributed by atoms with E-state index in [0.29, 0.717) is 0 Å². The van der Waals surface area contributed by atoms with Crippen molar-refractivity contribution >= 4 is 12.3 Å². The first-order chi connectivity index (χ1) is 12.3. The molecule has 1 aliphatic heterocycles. The maximum atomic E-state index is 12.4. The monoisotopic (exact) mass is 335 g/mol. The van der Waals surface area contributed by atoms with E-state index < -0.39 is 11.9 Å². The highest BCUT2D eigenvalue weighted by Crippen LogP contribution is 2.44. The molecule has 1 heterocycles. The number of ether oxygens (including phenoxy) is 1. The van der Waals surface area contributed by atoms with Crippen molar-refractivity contribution in [3.63, 3.8) is 0 Å². The van der Waals surface area contributed by atoms with Crippen LogP contribution in [0.5, 0.6) is 0 Å². The first-order valence-electron chi connectivity index (χ1n) is 8.83. The van der Waals surface area contributed by atoms with Crippen LogP contribution in [0.25, 0.3) is 11.1 Å². The lowest BCUT2D eigenvalue weighted by Gasteiger charge is -2.19. The SMILES string of the molecule is O=C[C@@H](C(=O)OCC1c2ccccc2-c2ccccc21)C1CCCN1. The molecule has 0 bridgehead atoms. The summed E-state index contributed by atoms with van der Waals surface area (Å²) in [4.78, 5) is 23.8. The molecule has 4 heteroatoms. The van der Waals surface area contributed by atoms with E-state index >= 15 is 0 Å². The number of carbonyl (C=O) groups excluding carboxylic acids is 2. The highest BCUT2D eigenvalue weighted by molar-refractivity contribution is 5.89. The Bertz CT molecular complexity index is 750. The predicted molar refractivity (Wildman–Crippen MR) is 95.3 cm³/mol. The largest absolute Gasteiger partial charge is 0.464 e. The van der Waals surface area contributed by atoms with Gasteiger partial charge in [-0.3, -0.25) is 4.79 Å². The van der Waals surface area contributed by atoms with Crippen LogP contribution in [-0.4, -0.2) is 31.4 Å². The minimum absolute atomic E-state index is 0.0280. The van der Waals surface area contributed by atoms with Crippen molar-refractivity contribution in [1.82, 2.24) is 5.32 Å². The van der Waals surface area contributed by atoms with Gasteiger partial charge in [-0.25, -0.2) is 0 Å². The molecule has 0 aromatic heterocycles. The maximum Gasteiger partial charge on any atom is 0.317 e. The third-order valence-electron chi connectivity index (χ3n) is 5.31. The zero-order valence-electron chi connectivity index (χ0n) is 14.0. The van der Waals surface area contributed by atoms with Gasteiger partial charge in [-0.1, -0.05) is 48.5 Å². The van der Waals surface area contributed by atoms with Crippen LogP contribution < -0.4 is 5.32 Å². The Morgan fingerprint density at radius 1 is 1.12 bits per heavy atom. The van der Waals surface area contributed by atoms with Gasteiger partial charge in [-0.2, -0.15) is 0 Å². The molecule has 2 aliphatic rings. The van der Waals surface area contributed by atoms with Gasteiger partial charge in [0.05, 0.1) is 0 Å². The minimum atomic E-state index is -0.714. The Hall–Kier alpha value is -2.46. The van der Waals surface area contributed by atoms with E-state index in [1.807, 2.05) is 24.3 Å². The number of aldehydes is 1. The van der Waals surface area contributed by atoms with Crippen molar-refractivity contribution in [2.75, 3.05) is 13.2 Å². The number of carbonyl (C=O) groups is 2. The fourth-order valence-electron chi connectivity index (χ4n) is 4.03. The van der Waals surface area contributed by atoms with E-state index in [9.17, 15) is 9.59 Å². The van der Waals surface area contributed by atoms with Gasteiger partial charge in [0.1, 0.15) is 18.8 Å². The Balaban J connectivity index is 1.53. The van der Waals surface area contributed by atoms with Crippen LogP contribution in [0.4, 0.5) is 0 Å². The van der Waals surface area contributed by atoms with Crippen molar-refractivity contribution < 1.29 is 14.3 Å². The van der Waals surface area contributed by atoms with Crippen LogP contribution in [-0.2, 0) is 14.3 Å². The van der Waals surface area contributed by atoms with Crippen molar-refractivity contribution in [3.8, 4) is 11.1 Å². The van der Waals surface area contributed by atoms with Crippen molar-refractivity contribution in [2.24, 2.45) is 5.92 Å². The van der Waals surface area contributed by atoms with E-state index in [0.717, 1.165) is 25.7 Å².